The van der Waals surface area contributed by atoms with Gasteiger partial charge in [-0.05, 0) is 48.5 Å². The average Bonchev–Trinajstić information content (AvgIpc) is 2.98. The van der Waals surface area contributed by atoms with Gasteiger partial charge in [-0.3, -0.25) is 4.99 Å². The van der Waals surface area contributed by atoms with E-state index in [9.17, 15) is 5.11 Å². The Labute approximate surface area is 137 Å². The number of nitrogens with zero attached hydrogens (tertiary/aromatic N) is 1. The van der Waals surface area contributed by atoms with Crippen LogP contribution in [0.4, 0.5) is 5.69 Å². The number of phenols is 1. The molecule has 0 fully saturated rings. The molecule has 3 rings (SSSR count). The molecule has 0 saturated carbocycles. The van der Waals surface area contributed by atoms with Crippen LogP contribution in [0.3, 0.4) is 0 Å². The van der Waals surface area contributed by atoms with Crippen molar-refractivity contribution in [3.05, 3.63) is 70.4 Å². The quantitative estimate of drug-likeness (QED) is 0.624. The summed E-state index contributed by atoms with van der Waals surface area (Å²) < 4.78 is 5.71. The molecule has 2 aromatic carbocycles. The Hall–Kier alpha value is -2.23. The molecule has 1 aromatic heterocycles. The highest BCUT2D eigenvalue weighted by Crippen LogP contribution is 2.34. The van der Waals surface area contributed by atoms with Gasteiger partial charge in [-0.1, -0.05) is 29.3 Å². The monoisotopic (exact) mass is 331 g/mol. The van der Waals surface area contributed by atoms with Crippen molar-refractivity contribution in [3.63, 3.8) is 0 Å². The summed E-state index contributed by atoms with van der Waals surface area (Å²) in [6.45, 7) is 0. The second-order valence-electron chi connectivity index (χ2n) is 4.58. The van der Waals surface area contributed by atoms with Gasteiger partial charge in [0.1, 0.15) is 17.3 Å². The van der Waals surface area contributed by atoms with E-state index >= 15 is 0 Å². The van der Waals surface area contributed by atoms with Crippen molar-refractivity contribution in [3.8, 4) is 17.1 Å². The van der Waals surface area contributed by atoms with Crippen LogP contribution >= 0.6 is 23.2 Å². The van der Waals surface area contributed by atoms with E-state index in [-0.39, 0.29) is 5.75 Å². The Morgan fingerprint density at radius 1 is 0.955 bits per heavy atom. The zero-order chi connectivity index (χ0) is 15.5. The molecule has 3 nitrogen and oxygen atoms in total. The molecule has 110 valence electrons. The molecule has 0 atom stereocenters. The lowest BCUT2D eigenvalue weighted by Crippen LogP contribution is -1.78. The van der Waals surface area contributed by atoms with Gasteiger partial charge < -0.3 is 9.52 Å². The molecule has 0 bridgehead atoms. The zero-order valence-corrected chi connectivity index (χ0v) is 12.8. The third-order valence-corrected chi connectivity index (χ3v) is 3.85. The van der Waals surface area contributed by atoms with Crippen molar-refractivity contribution in [1.29, 1.82) is 0 Å². The Kier molecular flexibility index (Phi) is 4.18. The predicted octanol–water partition coefficient (Wildman–Crippen LogP) is 5.71. The van der Waals surface area contributed by atoms with Gasteiger partial charge in [-0.2, -0.15) is 0 Å². The first-order chi connectivity index (χ1) is 10.6. The summed E-state index contributed by atoms with van der Waals surface area (Å²) in [6, 6.07) is 15.6. The summed E-state index contributed by atoms with van der Waals surface area (Å²) in [5, 5.41) is 10.2. The van der Waals surface area contributed by atoms with Crippen molar-refractivity contribution < 1.29 is 9.52 Å². The first-order valence-electron chi connectivity index (χ1n) is 6.51. The summed E-state index contributed by atoms with van der Waals surface area (Å²) in [7, 11) is 0. The highest BCUT2D eigenvalue weighted by atomic mass is 35.5. The fourth-order valence-corrected chi connectivity index (χ4v) is 2.33. The van der Waals surface area contributed by atoms with Crippen molar-refractivity contribution in [2.24, 2.45) is 4.99 Å². The first kappa shape index (κ1) is 14.7. The van der Waals surface area contributed by atoms with Gasteiger partial charge in [-0.15, -0.1) is 0 Å². The van der Waals surface area contributed by atoms with Crippen LogP contribution in [-0.4, -0.2) is 11.3 Å². The minimum absolute atomic E-state index is 0.204. The van der Waals surface area contributed by atoms with Crippen LogP contribution in [0.15, 0.2) is 64.0 Å². The molecule has 0 amide bonds. The molecule has 0 aliphatic heterocycles. The maximum Gasteiger partial charge on any atom is 0.145 e. The Bertz CT molecular complexity index is 823. The van der Waals surface area contributed by atoms with Gasteiger partial charge in [0.15, 0.2) is 0 Å². The number of hydrogen-bond acceptors (Lipinski definition) is 3. The third kappa shape index (κ3) is 3.16. The SMILES string of the molecule is Oc1ccc(N=Cc2ccc(-c3cccc(Cl)c3Cl)o2)cc1. The van der Waals surface area contributed by atoms with Gasteiger partial charge in [0.05, 0.1) is 21.9 Å². The first-order valence-corrected chi connectivity index (χ1v) is 7.26. The Morgan fingerprint density at radius 2 is 1.73 bits per heavy atom. The number of benzene rings is 2. The molecule has 0 aliphatic rings. The van der Waals surface area contributed by atoms with Crippen LogP contribution in [0, 0.1) is 0 Å². The van der Waals surface area contributed by atoms with E-state index in [4.69, 9.17) is 27.6 Å². The third-order valence-electron chi connectivity index (χ3n) is 3.03. The molecule has 1 heterocycles. The number of aliphatic imine (C=N–C) groups is 1. The number of furan rings is 1. The van der Waals surface area contributed by atoms with Crippen molar-refractivity contribution in [2.45, 2.75) is 0 Å². The Balaban J connectivity index is 1.85. The molecule has 3 aromatic rings. The molecular formula is C17H11Cl2NO2. The van der Waals surface area contributed by atoms with E-state index < -0.39 is 0 Å². The van der Waals surface area contributed by atoms with Gasteiger partial charge in [0, 0.05) is 5.56 Å². The highest BCUT2D eigenvalue weighted by Gasteiger charge is 2.10. The van der Waals surface area contributed by atoms with E-state index in [0.717, 1.165) is 11.3 Å². The minimum atomic E-state index is 0.204. The second-order valence-corrected chi connectivity index (χ2v) is 5.36. The molecule has 5 heteroatoms. The lowest BCUT2D eigenvalue weighted by molar-refractivity contribution is 0.475. The van der Waals surface area contributed by atoms with E-state index in [2.05, 4.69) is 4.99 Å². The molecule has 22 heavy (non-hydrogen) atoms. The lowest BCUT2D eigenvalue weighted by Gasteiger charge is -2.01. The van der Waals surface area contributed by atoms with Crippen LogP contribution in [0.1, 0.15) is 5.76 Å². The van der Waals surface area contributed by atoms with Crippen LogP contribution in [0.5, 0.6) is 5.75 Å². The fourth-order valence-electron chi connectivity index (χ4n) is 1.94. The standard InChI is InChI=1S/C17H11Cl2NO2/c18-15-3-1-2-14(17(15)19)16-9-8-13(22-16)10-20-11-4-6-12(21)7-5-11/h1-10,21H. The van der Waals surface area contributed by atoms with Crippen molar-refractivity contribution >= 4 is 35.1 Å². The largest absolute Gasteiger partial charge is 0.508 e. The molecule has 0 aliphatic carbocycles. The minimum Gasteiger partial charge on any atom is -0.508 e. The van der Waals surface area contributed by atoms with Gasteiger partial charge >= 0.3 is 0 Å². The van der Waals surface area contributed by atoms with Gasteiger partial charge in [-0.25, -0.2) is 0 Å². The lowest BCUT2D eigenvalue weighted by atomic mass is 10.2. The van der Waals surface area contributed by atoms with Crippen LogP contribution < -0.4 is 0 Å². The Morgan fingerprint density at radius 3 is 2.50 bits per heavy atom. The molecule has 0 saturated heterocycles. The predicted molar refractivity (Wildman–Crippen MR) is 89.5 cm³/mol. The summed E-state index contributed by atoms with van der Waals surface area (Å²) in [5.41, 5.74) is 1.45. The molecule has 0 radical (unpaired) electrons. The zero-order valence-electron chi connectivity index (χ0n) is 11.3. The highest BCUT2D eigenvalue weighted by molar-refractivity contribution is 6.43. The average molecular weight is 332 g/mol. The normalized spacial score (nSPS) is 11.2. The van der Waals surface area contributed by atoms with E-state index in [1.807, 2.05) is 18.2 Å². The van der Waals surface area contributed by atoms with E-state index in [0.29, 0.717) is 21.6 Å². The number of rotatable bonds is 3. The molecule has 1 N–H and O–H groups in total. The van der Waals surface area contributed by atoms with E-state index in [1.165, 1.54) is 0 Å². The maximum atomic E-state index is 9.23. The summed E-state index contributed by atoms with van der Waals surface area (Å²) in [4.78, 5) is 4.28. The smallest absolute Gasteiger partial charge is 0.145 e. The van der Waals surface area contributed by atoms with E-state index in [1.54, 1.807) is 42.6 Å². The van der Waals surface area contributed by atoms with Crippen molar-refractivity contribution in [1.82, 2.24) is 0 Å². The number of phenolic OH excluding ortho intramolecular Hbond substituents is 1. The topological polar surface area (TPSA) is 45.7 Å². The number of aromatic hydroxyl groups is 1. The summed E-state index contributed by atoms with van der Waals surface area (Å²) >= 11 is 12.2. The molecule has 0 spiro atoms. The second kappa shape index (κ2) is 6.26. The molecular weight excluding hydrogens is 321 g/mol. The van der Waals surface area contributed by atoms with Crippen LogP contribution in [0.25, 0.3) is 11.3 Å². The van der Waals surface area contributed by atoms with Crippen LogP contribution in [0.2, 0.25) is 10.0 Å². The fraction of sp³-hybridized carbons (Fsp3) is 0. The molecule has 0 unspecified atom stereocenters. The summed E-state index contributed by atoms with van der Waals surface area (Å²) in [6.07, 6.45) is 1.61. The van der Waals surface area contributed by atoms with Gasteiger partial charge in [0.25, 0.3) is 0 Å². The van der Waals surface area contributed by atoms with Gasteiger partial charge in [0.2, 0.25) is 0 Å². The number of halogens is 2. The van der Waals surface area contributed by atoms with Crippen molar-refractivity contribution in [2.75, 3.05) is 0 Å². The number of hydrogen-bond donors (Lipinski definition) is 1. The van der Waals surface area contributed by atoms with Crippen LogP contribution in [-0.2, 0) is 0 Å². The maximum absolute atomic E-state index is 9.23. The summed E-state index contributed by atoms with van der Waals surface area (Å²) in [5.74, 6) is 1.42.